The molecule has 1 aliphatic heterocycles. The summed E-state index contributed by atoms with van der Waals surface area (Å²) in [7, 11) is 1.63. The van der Waals surface area contributed by atoms with Crippen molar-refractivity contribution in [2.75, 3.05) is 20.1 Å². The third-order valence-electron chi connectivity index (χ3n) is 6.02. The predicted molar refractivity (Wildman–Crippen MR) is 124 cm³/mol. The number of fused-ring (bicyclic) bond motifs is 1. The lowest BCUT2D eigenvalue weighted by molar-refractivity contribution is -0.138. The van der Waals surface area contributed by atoms with Crippen LogP contribution < -0.4 is 5.32 Å². The van der Waals surface area contributed by atoms with Crippen LogP contribution >= 0.6 is 0 Å². The van der Waals surface area contributed by atoms with Gasteiger partial charge in [-0.05, 0) is 32.6 Å². The quantitative estimate of drug-likeness (QED) is 0.721. The zero-order valence-corrected chi connectivity index (χ0v) is 20.9. The highest BCUT2D eigenvalue weighted by atomic mass is 16.3. The highest BCUT2D eigenvalue weighted by molar-refractivity contribution is 5.92. The van der Waals surface area contributed by atoms with Crippen LogP contribution in [0.25, 0.3) is 0 Å². The van der Waals surface area contributed by atoms with Gasteiger partial charge in [0.05, 0.1) is 12.6 Å². The molecule has 0 fully saturated rings. The Hall–Kier alpha value is -3.24. The third-order valence-corrected chi connectivity index (χ3v) is 6.02. The Morgan fingerprint density at radius 3 is 2.59 bits per heavy atom. The Balaban J connectivity index is 1.95. The van der Waals surface area contributed by atoms with Gasteiger partial charge in [0.1, 0.15) is 24.0 Å². The van der Waals surface area contributed by atoms with Crippen LogP contribution in [0.2, 0.25) is 0 Å². The van der Waals surface area contributed by atoms with Crippen LogP contribution in [-0.4, -0.2) is 73.4 Å². The van der Waals surface area contributed by atoms with Crippen LogP contribution in [0.3, 0.4) is 0 Å². The predicted octanol–water partition coefficient (Wildman–Crippen LogP) is 1.87. The zero-order chi connectivity index (χ0) is 25.0. The van der Waals surface area contributed by atoms with Crippen molar-refractivity contribution in [2.24, 2.45) is 5.92 Å². The number of likely N-dealkylation sites (N-methyl/N-ethyl adjacent to an activating group) is 1. The summed E-state index contributed by atoms with van der Waals surface area (Å²) in [5.74, 6) is 1.29. The molecule has 0 spiro atoms. The van der Waals surface area contributed by atoms with Gasteiger partial charge >= 0.3 is 0 Å². The van der Waals surface area contributed by atoms with Crippen molar-refractivity contribution in [2.45, 2.75) is 72.5 Å². The molecule has 11 heteroatoms. The molecule has 2 atom stereocenters. The number of hydrogen-bond acceptors (Lipinski definition) is 7. The minimum atomic E-state index is -0.640. The van der Waals surface area contributed by atoms with Crippen LogP contribution in [0, 0.1) is 19.8 Å². The van der Waals surface area contributed by atoms with Crippen molar-refractivity contribution in [1.82, 2.24) is 34.9 Å². The fourth-order valence-corrected chi connectivity index (χ4v) is 4.03. The molecule has 2 aromatic heterocycles. The van der Waals surface area contributed by atoms with Crippen molar-refractivity contribution < 1.29 is 18.8 Å². The van der Waals surface area contributed by atoms with Gasteiger partial charge in [-0.15, -0.1) is 0 Å². The lowest BCUT2D eigenvalue weighted by Crippen LogP contribution is -2.47. The van der Waals surface area contributed by atoms with E-state index in [2.05, 4.69) is 34.2 Å². The van der Waals surface area contributed by atoms with Crippen LogP contribution in [0.15, 0.2) is 10.7 Å². The number of oxazole rings is 1. The molecule has 0 aromatic carbocycles. The summed E-state index contributed by atoms with van der Waals surface area (Å²) in [5, 5.41) is 7.61. The highest BCUT2D eigenvalue weighted by Gasteiger charge is 2.29. The number of nitrogens with zero attached hydrogens (tertiary/aromatic N) is 6. The summed E-state index contributed by atoms with van der Waals surface area (Å²) in [6, 6.07) is -1.01. The van der Waals surface area contributed by atoms with Gasteiger partial charge in [0, 0.05) is 33.5 Å². The second-order valence-electron chi connectivity index (χ2n) is 9.26. The van der Waals surface area contributed by atoms with Crippen molar-refractivity contribution in [3.05, 3.63) is 29.5 Å². The molecule has 3 heterocycles. The third kappa shape index (κ3) is 6.00. The molecule has 0 saturated carbocycles. The number of carbonyl (C=O) groups excluding carboxylic acids is 3. The molecule has 11 nitrogen and oxygen atoms in total. The van der Waals surface area contributed by atoms with Crippen LogP contribution in [-0.2, 0) is 16.1 Å². The minimum absolute atomic E-state index is 0.149. The Morgan fingerprint density at radius 2 is 1.94 bits per heavy atom. The van der Waals surface area contributed by atoms with Gasteiger partial charge in [0.25, 0.3) is 5.91 Å². The molecule has 1 N–H and O–H groups in total. The van der Waals surface area contributed by atoms with E-state index in [-0.39, 0.29) is 41.8 Å². The first-order chi connectivity index (χ1) is 16.1. The topological polar surface area (TPSA) is 126 Å². The fraction of sp³-hybridized carbons (Fsp3) is 0.652. The van der Waals surface area contributed by atoms with Crippen LogP contribution in [0.5, 0.6) is 0 Å². The van der Waals surface area contributed by atoms with Crippen LogP contribution in [0.1, 0.15) is 74.1 Å². The summed E-state index contributed by atoms with van der Waals surface area (Å²) in [6.07, 6.45) is 2.69. The zero-order valence-electron chi connectivity index (χ0n) is 20.9. The first-order valence-corrected chi connectivity index (χ1v) is 11.8. The van der Waals surface area contributed by atoms with Crippen molar-refractivity contribution in [3.8, 4) is 0 Å². The lowest BCUT2D eigenvalue weighted by Gasteiger charge is -2.29. The SMILES string of the molecule is Cc1nc2n(n1)CCN(C(=O)c1coc(C)n1)CCCC(=O)N(C)[C@@H](C)C(=O)N[C@@H]2CC(C)C. The van der Waals surface area contributed by atoms with E-state index in [4.69, 9.17) is 4.42 Å². The molecule has 0 aliphatic carbocycles. The number of carbonyl (C=O) groups is 3. The van der Waals surface area contributed by atoms with Gasteiger partial charge in [-0.25, -0.2) is 14.6 Å². The molecule has 3 amide bonds. The van der Waals surface area contributed by atoms with Gasteiger partial charge in [0.2, 0.25) is 11.8 Å². The Labute approximate surface area is 199 Å². The molecule has 1 aliphatic rings. The molecule has 2 aromatic rings. The summed E-state index contributed by atoms with van der Waals surface area (Å²) >= 11 is 0. The van der Waals surface area contributed by atoms with Gasteiger partial charge in [-0.3, -0.25) is 14.4 Å². The molecular formula is C23H35N7O4. The summed E-state index contributed by atoms with van der Waals surface area (Å²) < 4.78 is 6.99. The van der Waals surface area contributed by atoms with E-state index in [0.717, 1.165) is 0 Å². The maximum absolute atomic E-state index is 13.1. The van der Waals surface area contributed by atoms with E-state index in [0.29, 0.717) is 50.0 Å². The van der Waals surface area contributed by atoms with Crippen LogP contribution in [0.4, 0.5) is 0 Å². The second-order valence-corrected chi connectivity index (χ2v) is 9.26. The molecular weight excluding hydrogens is 438 g/mol. The summed E-state index contributed by atoms with van der Waals surface area (Å²) in [4.78, 5) is 50.8. The maximum atomic E-state index is 13.1. The Bertz CT molecular complexity index is 1030. The van der Waals surface area contributed by atoms with E-state index >= 15 is 0 Å². The van der Waals surface area contributed by atoms with E-state index in [9.17, 15) is 14.4 Å². The Kier molecular flexibility index (Phi) is 8.06. The first-order valence-electron chi connectivity index (χ1n) is 11.8. The molecule has 0 bridgehead atoms. The van der Waals surface area contributed by atoms with Crippen molar-refractivity contribution in [1.29, 1.82) is 0 Å². The fourth-order valence-electron chi connectivity index (χ4n) is 4.03. The number of aryl methyl sites for hydroxylation is 2. The minimum Gasteiger partial charge on any atom is -0.448 e. The number of rotatable bonds is 3. The number of hydrogen-bond donors (Lipinski definition) is 1. The van der Waals surface area contributed by atoms with Gasteiger partial charge < -0.3 is 19.5 Å². The highest BCUT2D eigenvalue weighted by Crippen LogP contribution is 2.21. The van der Waals surface area contributed by atoms with E-state index in [1.807, 2.05) is 0 Å². The smallest absolute Gasteiger partial charge is 0.275 e. The molecule has 0 saturated heterocycles. The lowest BCUT2D eigenvalue weighted by atomic mass is 10.0. The summed E-state index contributed by atoms with van der Waals surface area (Å²) in [5.41, 5.74) is 0.232. The number of nitrogens with one attached hydrogen (secondary N) is 1. The van der Waals surface area contributed by atoms with Gasteiger partial charge in [-0.2, -0.15) is 5.10 Å². The average molecular weight is 474 g/mol. The van der Waals surface area contributed by atoms with E-state index < -0.39 is 6.04 Å². The average Bonchev–Trinajstić information content (AvgIpc) is 3.38. The molecule has 3 rings (SSSR count). The van der Waals surface area contributed by atoms with Crippen molar-refractivity contribution in [3.63, 3.8) is 0 Å². The van der Waals surface area contributed by atoms with Gasteiger partial charge in [0.15, 0.2) is 11.6 Å². The number of amides is 3. The van der Waals surface area contributed by atoms with Crippen molar-refractivity contribution >= 4 is 17.7 Å². The molecule has 34 heavy (non-hydrogen) atoms. The maximum Gasteiger partial charge on any atom is 0.275 e. The molecule has 0 radical (unpaired) electrons. The standard InChI is InChI=1S/C23H35N7O4/c1-14(2)12-18-21-24-16(4)27-30(21)11-10-29(23(33)19-13-34-17(5)25-19)9-7-8-20(31)28(6)15(3)22(32)26-18/h13-15,18H,7-12H2,1-6H3,(H,26,32)/t15-,18+/m0/s1. The molecule has 0 unspecified atom stereocenters. The largest absolute Gasteiger partial charge is 0.448 e. The van der Waals surface area contributed by atoms with E-state index in [1.165, 1.54) is 11.2 Å². The summed E-state index contributed by atoms with van der Waals surface area (Å²) in [6.45, 7) is 10.5. The number of aromatic nitrogens is 4. The van der Waals surface area contributed by atoms with E-state index in [1.54, 1.807) is 37.4 Å². The Morgan fingerprint density at radius 1 is 1.21 bits per heavy atom. The molecule has 186 valence electrons. The monoisotopic (exact) mass is 473 g/mol. The second kappa shape index (κ2) is 10.8. The normalized spacial score (nSPS) is 20.8. The van der Waals surface area contributed by atoms with Gasteiger partial charge in [-0.1, -0.05) is 13.8 Å². The first kappa shape index (κ1) is 25.4.